The van der Waals surface area contributed by atoms with Crippen LogP contribution in [0.3, 0.4) is 0 Å². The van der Waals surface area contributed by atoms with Gasteiger partial charge in [-0.15, -0.1) is 6.58 Å². The summed E-state index contributed by atoms with van der Waals surface area (Å²) in [6.07, 6.45) is 4.00. The van der Waals surface area contributed by atoms with E-state index in [1.165, 1.54) is 0 Å². The number of allylic oxidation sites excluding steroid dienone is 1. The summed E-state index contributed by atoms with van der Waals surface area (Å²) in [4.78, 5) is 2.29. The van der Waals surface area contributed by atoms with Crippen LogP contribution in [0.5, 0.6) is 11.6 Å². The second kappa shape index (κ2) is 11.7. The van der Waals surface area contributed by atoms with Crippen molar-refractivity contribution in [2.45, 2.75) is 45.8 Å². The Balaban J connectivity index is 1.97. The van der Waals surface area contributed by atoms with Gasteiger partial charge in [0.25, 0.3) is 0 Å². The first-order chi connectivity index (χ1) is 15.5. The monoisotopic (exact) mass is 433 g/mol. The van der Waals surface area contributed by atoms with Gasteiger partial charge in [0.1, 0.15) is 11.4 Å². The Morgan fingerprint density at radius 2 is 1.97 bits per heavy atom. The molecule has 0 radical (unpaired) electrons. The van der Waals surface area contributed by atoms with E-state index in [9.17, 15) is 5.11 Å². The molecule has 3 rings (SSSR count). The van der Waals surface area contributed by atoms with Crippen LogP contribution in [0, 0.1) is 6.92 Å². The molecule has 5 heteroatoms. The van der Waals surface area contributed by atoms with Crippen molar-refractivity contribution in [3.05, 3.63) is 78.4 Å². The van der Waals surface area contributed by atoms with Crippen molar-refractivity contribution >= 4 is 0 Å². The minimum atomic E-state index is -0.391. The number of nitrogens with zero attached hydrogens (tertiary/aromatic N) is 3. The summed E-state index contributed by atoms with van der Waals surface area (Å²) in [5.41, 5.74) is 4.15. The van der Waals surface area contributed by atoms with Gasteiger partial charge in [-0.3, -0.25) is 4.90 Å². The van der Waals surface area contributed by atoms with E-state index in [-0.39, 0.29) is 0 Å². The Kier molecular flexibility index (Phi) is 8.65. The zero-order valence-electron chi connectivity index (χ0n) is 19.5. The normalized spacial score (nSPS) is 12.2. The van der Waals surface area contributed by atoms with Gasteiger partial charge in [-0.25, -0.2) is 4.68 Å². The molecule has 2 aromatic carbocycles. The van der Waals surface area contributed by atoms with Gasteiger partial charge < -0.3 is 9.84 Å². The van der Waals surface area contributed by atoms with E-state index in [0.29, 0.717) is 13.1 Å². The van der Waals surface area contributed by atoms with Crippen LogP contribution in [0.25, 0.3) is 11.3 Å². The van der Waals surface area contributed by atoms with E-state index < -0.39 is 6.10 Å². The SMILES string of the molecule is C=CCC[C@@H](O)CN(CCC)Cc1c(-c2ccccc2)nn(C)c1Oc1cccc(C)c1. The number of hydrogen-bond acceptors (Lipinski definition) is 4. The standard InChI is InChI=1S/C27H35N3O2/c1-5-7-15-23(31)19-30(17-6-2)20-25-26(22-13-9-8-10-14-22)28-29(4)27(25)32-24-16-11-12-21(3)18-24/h5,8-14,16,18,23,31H,1,6-7,15,17,19-20H2,2-4H3/t23-/m1/s1. The maximum atomic E-state index is 10.5. The molecule has 1 aromatic heterocycles. The van der Waals surface area contributed by atoms with E-state index in [0.717, 1.165) is 59.8 Å². The van der Waals surface area contributed by atoms with Crippen LogP contribution in [0.2, 0.25) is 0 Å². The molecule has 170 valence electrons. The molecule has 0 bridgehead atoms. The first-order valence-corrected chi connectivity index (χ1v) is 11.4. The number of aliphatic hydroxyl groups excluding tert-OH is 1. The van der Waals surface area contributed by atoms with E-state index in [1.54, 1.807) is 0 Å². The molecule has 0 spiro atoms. The quantitative estimate of drug-likeness (QED) is 0.371. The average Bonchev–Trinajstić information content (AvgIpc) is 3.08. The lowest BCUT2D eigenvalue weighted by molar-refractivity contribution is 0.102. The van der Waals surface area contributed by atoms with Gasteiger partial charge in [0, 0.05) is 25.7 Å². The topological polar surface area (TPSA) is 50.5 Å². The molecular formula is C27H35N3O2. The van der Waals surface area contributed by atoms with Gasteiger partial charge in [-0.05, 0) is 50.4 Å². The molecule has 1 N–H and O–H groups in total. The average molecular weight is 434 g/mol. The van der Waals surface area contributed by atoms with Gasteiger partial charge in [-0.1, -0.05) is 55.5 Å². The minimum absolute atomic E-state index is 0.391. The Morgan fingerprint density at radius 1 is 1.19 bits per heavy atom. The van der Waals surface area contributed by atoms with Crippen molar-refractivity contribution in [2.24, 2.45) is 7.05 Å². The summed E-state index contributed by atoms with van der Waals surface area (Å²) in [5, 5.41) is 15.4. The van der Waals surface area contributed by atoms with Crippen LogP contribution < -0.4 is 4.74 Å². The largest absolute Gasteiger partial charge is 0.439 e. The highest BCUT2D eigenvalue weighted by Crippen LogP contribution is 2.34. The molecule has 0 aliphatic rings. The van der Waals surface area contributed by atoms with Crippen LogP contribution in [-0.4, -0.2) is 39.0 Å². The molecule has 0 amide bonds. The minimum Gasteiger partial charge on any atom is -0.439 e. The fraction of sp³-hybridized carbons (Fsp3) is 0.370. The Hall–Kier alpha value is -2.89. The molecule has 5 nitrogen and oxygen atoms in total. The third kappa shape index (κ3) is 6.31. The van der Waals surface area contributed by atoms with Crippen molar-refractivity contribution in [3.8, 4) is 22.9 Å². The molecular weight excluding hydrogens is 398 g/mol. The molecule has 0 aliphatic heterocycles. The maximum Gasteiger partial charge on any atom is 0.222 e. The second-order valence-electron chi connectivity index (χ2n) is 8.30. The molecule has 0 saturated heterocycles. The summed E-state index contributed by atoms with van der Waals surface area (Å²) >= 11 is 0. The molecule has 1 atom stereocenters. The predicted molar refractivity (Wildman–Crippen MR) is 131 cm³/mol. The molecule has 3 aromatic rings. The highest BCUT2D eigenvalue weighted by molar-refractivity contribution is 5.65. The Labute approximate surface area is 192 Å². The van der Waals surface area contributed by atoms with Crippen molar-refractivity contribution in [2.75, 3.05) is 13.1 Å². The zero-order valence-corrected chi connectivity index (χ0v) is 19.5. The Bertz CT molecular complexity index is 997. The third-order valence-electron chi connectivity index (χ3n) is 5.43. The molecule has 0 saturated carbocycles. The lowest BCUT2D eigenvalue weighted by Crippen LogP contribution is -2.33. The van der Waals surface area contributed by atoms with Crippen LogP contribution in [0.15, 0.2) is 67.3 Å². The lowest BCUT2D eigenvalue weighted by atomic mass is 10.1. The smallest absolute Gasteiger partial charge is 0.222 e. The molecule has 0 aliphatic carbocycles. The van der Waals surface area contributed by atoms with Gasteiger partial charge in [0.05, 0.1) is 11.7 Å². The number of aromatic nitrogens is 2. The lowest BCUT2D eigenvalue weighted by Gasteiger charge is -2.25. The van der Waals surface area contributed by atoms with E-state index in [2.05, 4.69) is 43.5 Å². The second-order valence-corrected chi connectivity index (χ2v) is 8.30. The zero-order chi connectivity index (χ0) is 22.9. The molecule has 0 unspecified atom stereocenters. The predicted octanol–water partition coefficient (Wildman–Crippen LogP) is 5.73. The molecule has 1 heterocycles. The van der Waals surface area contributed by atoms with Crippen LogP contribution >= 0.6 is 0 Å². The third-order valence-corrected chi connectivity index (χ3v) is 5.43. The van der Waals surface area contributed by atoms with Crippen molar-refractivity contribution in [1.29, 1.82) is 0 Å². The van der Waals surface area contributed by atoms with E-state index >= 15 is 0 Å². The fourth-order valence-corrected chi connectivity index (χ4v) is 3.92. The van der Waals surface area contributed by atoms with Crippen LogP contribution in [0.4, 0.5) is 0 Å². The maximum absolute atomic E-state index is 10.5. The van der Waals surface area contributed by atoms with Crippen LogP contribution in [0.1, 0.15) is 37.3 Å². The first kappa shape index (κ1) is 23.8. The summed E-state index contributed by atoms with van der Waals surface area (Å²) in [6.45, 7) is 10.1. The highest BCUT2D eigenvalue weighted by Gasteiger charge is 2.23. The van der Waals surface area contributed by atoms with Crippen molar-refractivity contribution in [3.63, 3.8) is 0 Å². The number of ether oxygens (including phenoxy) is 1. The van der Waals surface area contributed by atoms with Crippen molar-refractivity contribution < 1.29 is 9.84 Å². The Morgan fingerprint density at radius 3 is 2.66 bits per heavy atom. The number of rotatable bonds is 12. The fourth-order valence-electron chi connectivity index (χ4n) is 3.92. The van der Waals surface area contributed by atoms with E-state index in [4.69, 9.17) is 9.84 Å². The number of aliphatic hydroxyl groups is 1. The van der Waals surface area contributed by atoms with E-state index in [1.807, 2.05) is 54.2 Å². The summed E-state index contributed by atoms with van der Waals surface area (Å²) in [6, 6.07) is 18.3. The first-order valence-electron chi connectivity index (χ1n) is 11.4. The molecule has 32 heavy (non-hydrogen) atoms. The van der Waals surface area contributed by atoms with Gasteiger partial charge in [0.2, 0.25) is 5.88 Å². The summed E-state index contributed by atoms with van der Waals surface area (Å²) in [7, 11) is 1.92. The summed E-state index contributed by atoms with van der Waals surface area (Å²) in [5.74, 6) is 1.53. The van der Waals surface area contributed by atoms with Crippen molar-refractivity contribution in [1.82, 2.24) is 14.7 Å². The summed E-state index contributed by atoms with van der Waals surface area (Å²) < 4.78 is 8.19. The van der Waals surface area contributed by atoms with Gasteiger partial charge in [-0.2, -0.15) is 5.10 Å². The highest BCUT2D eigenvalue weighted by atomic mass is 16.5. The number of aryl methyl sites for hydroxylation is 2. The van der Waals surface area contributed by atoms with Gasteiger partial charge >= 0.3 is 0 Å². The van der Waals surface area contributed by atoms with Crippen LogP contribution in [-0.2, 0) is 13.6 Å². The molecule has 0 fully saturated rings. The number of hydrogen-bond donors (Lipinski definition) is 1. The van der Waals surface area contributed by atoms with Gasteiger partial charge in [0.15, 0.2) is 0 Å². The number of benzene rings is 2.